The van der Waals surface area contributed by atoms with Crippen LogP contribution in [0.2, 0.25) is 0 Å². The van der Waals surface area contributed by atoms with Crippen LogP contribution in [0.1, 0.15) is 24.0 Å². The molecule has 0 bridgehead atoms. The molecule has 0 spiro atoms. The van der Waals surface area contributed by atoms with Crippen LogP contribution < -0.4 is 19.5 Å². The number of benzene rings is 2. The van der Waals surface area contributed by atoms with Gasteiger partial charge in [-0.25, -0.2) is 0 Å². The highest BCUT2D eigenvalue weighted by molar-refractivity contribution is 7.80. The third-order valence-electron chi connectivity index (χ3n) is 5.44. The Morgan fingerprint density at radius 2 is 1.94 bits per heavy atom. The molecule has 2 aromatic rings. The fraction of sp³-hybridized carbons (Fsp3) is 0.333. The SMILES string of the molecule is COc1ccc(OCc2cc(/C=C3/NC(=S)N(CC4CCCO4)C3=O)ccc2OC)cc1. The highest BCUT2D eigenvalue weighted by Crippen LogP contribution is 2.25. The van der Waals surface area contributed by atoms with Gasteiger partial charge in [0.2, 0.25) is 0 Å². The molecule has 32 heavy (non-hydrogen) atoms. The molecule has 2 aliphatic heterocycles. The Kier molecular flexibility index (Phi) is 6.92. The van der Waals surface area contributed by atoms with Crippen molar-refractivity contribution < 1.29 is 23.7 Å². The van der Waals surface area contributed by atoms with Gasteiger partial charge in [-0.1, -0.05) is 6.07 Å². The Labute approximate surface area is 192 Å². The maximum Gasteiger partial charge on any atom is 0.276 e. The number of rotatable bonds is 8. The van der Waals surface area contributed by atoms with E-state index < -0.39 is 0 Å². The molecular formula is C24H26N2O5S. The molecule has 4 rings (SSSR count). The van der Waals surface area contributed by atoms with Gasteiger partial charge in [0.25, 0.3) is 5.91 Å². The number of hydrogen-bond donors (Lipinski definition) is 1. The second-order valence-corrected chi connectivity index (χ2v) is 7.96. The lowest BCUT2D eigenvalue weighted by atomic mass is 10.1. The zero-order valence-corrected chi connectivity index (χ0v) is 18.9. The fourth-order valence-corrected chi connectivity index (χ4v) is 4.00. The smallest absolute Gasteiger partial charge is 0.276 e. The van der Waals surface area contributed by atoms with Gasteiger partial charge < -0.3 is 24.3 Å². The van der Waals surface area contributed by atoms with E-state index in [-0.39, 0.29) is 12.0 Å². The van der Waals surface area contributed by atoms with Crippen LogP contribution in [-0.2, 0) is 16.1 Å². The molecule has 1 N–H and O–H groups in total. The molecule has 1 atom stereocenters. The second kappa shape index (κ2) is 10.0. The number of thiocarbonyl (C=S) groups is 1. The molecule has 0 aliphatic carbocycles. The van der Waals surface area contributed by atoms with Gasteiger partial charge in [0.1, 0.15) is 29.6 Å². The molecule has 2 saturated heterocycles. The summed E-state index contributed by atoms with van der Waals surface area (Å²) >= 11 is 5.37. The Hall–Kier alpha value is -3.10. The van der Waals surface area contributed by atoms with Crippen molar-refractivity contribution in [2.75, 3.05) is 27.4 Å². The average Bonchev–Trinajstić information content (AvgIpc) is 3.42. The predicted molar refractivity (Wildman–Crippen MR) is 125 cm³/mol. The molecule has 2 aromatic carbocycles. The molecule has 0 radical (unpaired) electrons. The summed E-state index contributed by atoms with van der Waals surface area (Å²) in [6.45, 7) is 1.53. The van der Waals surface area contributed by atoms with Crippen molar-refractivity contribution in [3.05, 3.63) is 59.3 Å². The first-order chi connectivity index (χ1) is 15.6. The van der Waals surface area contributed by atoms with Gasteiger partial charge in [0.05, 0.1) is 26.9 Å². The normalized spacial score (nSPS) is 19.4. The lowest BCUT2D eigenvalue weighted by molar-refractivity contribution is -0.123. The maximum absolute atomic E-state index is 12.9. The first-order valence-electron chi connectivity index (χ1n) is 10.5. The number of nitrogens with one attached hydrogen (secondary N) is 1. The largest absolute Gasteiger partial charge is 0.497 e. The van der Waals surface area contributed by atoms with E-state index in [1.54, 1.807) is 25.2 Å². The molecule has 168 valence electrons. The van der Waals surface area contributed by atoms with Crippen LogP contribution in [0.5, 0.6) is 17.2 Å². The number of carbonyl (C=O) groups is 1. The van der Waals surface area contributed by atoms with Gasteiger partial charge in [-0.05, 0) is 73.1 Å². The van der Waals surface area contributed by atoms with E-state index >= 15 is 0 Å². The third kappa shape index (κ3) is 5.03. The fourth-order valence-electron chi connectivity index (χ4n) is 3.73. The minimum atomic E-state index is -0.141. The van der Waals surface area contributed by atoms with Crippen molar-refractivity contribution in [1.29, 1.82) is 0 Å². The van der Waals surface area contributed by atoms with Crippen molar-refractivity contribution in [3.8, 4) is 17.2 Å². The summed E-state index contributed by atoms with van der Waals surface area (Å²) in [6, 6.07) is 13.1. The summed E-state index contributed by atoms with van der Waals surface area (Å²) < 4.78 is 22.2. The molecule has 0 aromatic heterocycles. The number of nitrogens with zero attached hydrogens (tertiary/aromatic N) is 1. The van der Waals surface area contributed by atoms with E-state index in [0.717, 1.165) is 42.1 Å². The van der Waals surface area contributed by atoms with Gasteiger partial charge in [0, 0.05) is 12.2 Å². The molecule has 1 amide bonds. The number of ether oxygens (including phenoxy) is 4. The molecular weight excluding hydrogens is 428 g/mol. The van der Waals surface area contributed by atoms with Crippen molar-refractivity contribution in [3.63, 3.8) is 0 Å². The monoisotopic (exact) mass is 454 g/mol. The van der Waals surface area contributed by atoms with Gasteiger partial charge in [-0.15, -0.1) is 0 Å². The lowest BCUT2D eigenvalue weighted by Gasteiger charge is -2.18. The molecule has 1 unspecified atom stereocenters. The molecule has 2 aliphatic rings. The van der Waals surface area contributed by atoms with Gasteiger partial charge in [-0.3, -0.25) is 9.69 Å². The maximum atomic E-state index is 12.9. The number of hydrogen-bond acceptors (Lipinski definition) is 6. The molecule has 2 heterocycles. The molecule has 0 saturated carbocycles. The summed E-state index contributed by atoms with van der Waals surface area (Å²) in [5.41, 5.74) is 2.15. The number of carbonyl (C=O) groups excluding carboxylic acids is 1. The molecule has 8 heteroatoms. The Bertz CT molecular complexity index is 1020. The average molecular weight is 455 g/mol. The Morgan fingerprint density at radius 3 is 2.62 bits per heavy atom. The van der Waals surface area contributed by atoms with E-state index in [4.69, 9.17) is 31.2 Å². The van der Waals surface area contributed by atoms with Gasteiger partial charge in [-0.2, -0.15) is 0 Å². The predicted octanol–water partition coefficient (Wildman–Crippen LogP) is 3.52. The molecule has 2 fully saturated rings. The van der Waals surface area contributed by atoms with Crippen LogP contribution in [0.3, 0.4) is 0 Å². The summed E-state index contributed by atoms with van der Waals surface area (Å²) in [4.78, 5) is 14.4. The summed E-state index contributed by atoms with van der Waals surface area (Å²) in [7, 11) is 3.24. The van der Waals surface area contributed by atoms with Crippen LogP contribution in [-0.4, -0.2) is 49.4 Å². The quantitative estimate of drug-likeness (QED) is 0.483. The van der Waals surface area contributed by atoms with E-state index in [2.05, 4.69) is 5.32 Å². The van der Waals surface area contributed by atoms with Crippen LogP contribution >= 0.6 is 12.2 Å². The minimum absolute atomic E-state index is 0.0424. The highest BCUT2D eigenvalue weighted by atomic mass is 32.1. The van der Waals surface area contributed by atoms with Crippen molar-refractivity contribution in [2.45, 2.75) is 25.6 Å². The van der Waals surface area contributed by atoms with Crippen molar-refractivity contribution in [2.24, 2.45) is 0 Å². The number of amides is 1. The van der Waals surface area contributed by atoms with E-state index in [1.165, 1.54) is 0 Å². The van der Waals surface area contributed by atoms with Crippen LogP contribution in [0.15, 0.2) is 48.2 Å². The van der Waals surface area contributed by atoms with E-state index in [9.17, 15) is 4.79 Å². The van der Waals surface area contributed by atoms with Crippen molar-refractivity contribution >= 4 is 29.3 Å². The van der Waals surface area contributed by atoms with Gasteiger partial charge in [0.15, 0.2) is 5.11 Å². The van der Waals surface area contributed by atoms with E-state index in [1.807, 2.05) is 42.5 Å². The van der Waals surface area contributed by atoms with Gasteiger partial charge >= 0.3 is 0 Å². The van der Waals surface area contributed by atoms with Crippen LogP contribution in [0.4, 0.5) is 0 Å². The Balaban J connectivity index is 1.47. The highest BCUT2D eigenvalue weighted by Gasteiger charge is 2.33. The third-order valence-corrected chi connectivity index (χ3v) is 5.76. The summed E-state index contributed by atoms with van der Waals surface area (Å²) in [5.74, 6) is 2.06. The number of methoxy groups -OCH3 is 2. The molecule has 7 nitrogen and oxygen atoms in total. The topological polar surface area (TPSA) is 69.3 Å². The summed E-state index contributed by atoms with van der Waals surface area (Å²) in [5, 5.41) is 3.44. The first-order valence-corrected chi connectivity index (χ1v) is 10.9. The zero-order chi connectivity index (χ0) is 22.5. The van der Waals surface area contributed by atoms with Crippen LogP contribution in [0.25, 0.3) is 6.08 Å². The first kappa shape index (κ1) is 22.1. The standard InChI is InChI=1S/C24H26N2O5S/c1-28-18-6-8-19(9-7-18)31-15-17-12-16(5-10-22(17)29-2)13-21-23(27)26(24(32)25-21)14-20-4-3-11-30-20/h5-10,12-13,20H,3-4,11,14-15H2,1-2H3,(H,25,32)/b21-13+. The Morgan fingerprint density at radius 1 is 1.16 bits per heavy atom. The second-order valence-electron chi connectivity index (χ2n) is 7.57. The zero-order valence-electron chi connectivity index (χ0n) is 18.1. The van der Waals surface area contributed by atoms with E-state index in [0.29, 0.717) is 29.7 Å². The van der Waals surface area contributed by atoms with Crippen molar-refractivity contribution in [1.82, 2.24) is 10.2 Å². The summed E-state index contributed by atoms with van der Waals surface area (Å²) in [6.07, 6.45) is 3.80. The van der Waals surface area contributed by atoms with Crippen LogP contribution in [0, 0.1) is 0 Å². The minimum Gasteiger partial charge on any atom is -0.497 e. The lowest BCUT2D eigenvalue weighted by Crippen LogP contribution is -2.37.